The normalized spacial score (nSPS) is 18.7. The van der Waals surface area contributed by atoms with Gasteiger partial charge in [0.2, 0.25) is 15.9 Å². The van der Waals surface area contributed by atoms with E-state index in [9.17, 15) is 13.2 Å². The van der Waals surface area contributed by atoms with E-state index in [-0.39, 0.29) is 5.91 Å². The number of benzene rings is 1. The van der Waals surface area contributed by atoms with Crippen molar-refractivity contribution in [3.8, 4) is 11.3 Å². The molecule has 1 aromatic heterocycles. The van der Waals surface area contributed by atoms with Gasteiger partial charge in [-0.3, -0.25) is 4.79 Å². The third kappa shape index (κ3) is 3.77. The molecular formula is C15H16ClN3O3S2. The molecule has 128 valence electrons. The first-order valence-electron chi connectivity index (χ1n) is 7.34. The van der Waals surface area contributed by atoms with Crippen molar-refractivity contribution >= 4 is 44.0 Å². The summed E-state index contributed by atoms with van der Waals surface area (Å²) in [5, 5.41) is 5.65. The molecule has 1 fully saturated rings. The molecule has 1 aromatic carbocycles. The van der Waals surface area contributed by atoms with Gasteiger partial charge < -0.3 is 5.32 Å². The van der Waals surface area contributed by atoms with Crippen LogP contribution in [0.25, 0.3) is 11.3 Å². The van der Waals surface area contributed by atoms with Gasteiger partial charge in [0.05, 0.1) is 11.9 Å². The Labute approximate surface area is 149 Å². The van der Waals surface area contributed by atoms with Crippen LogP contribution in [0.15, 0.2) is 29.6 Å². The van der Waals surface area contributed by atoms with E-state index in [1.165, 1.54) is 15.6 Å². The fraction of sp³-hybridized carbons (Fsp3) is 0.333. The average Bonchev–Trinajstić information content (AvgIpc) is 3.16. The molecule has 0 aliphatic carbocycles. The smallest absolute Gasteiger partial charge is 0.244 e. The van der Waals surface area contributed by atoms with Crippen molar-refractivity contribution in [1.82, 2.24) is 9.29 Å². The molecule has 24 heavy (non-hydrogen) atoms. The third-order valence-corrected chi connectivity index (χ3v) is 6.11. The minimum atomic E-state index is -3.39. The van der Waals surface area contributed by atoms with E-state index < -0.39 is 16.1 Å². The Bertz CT molecular complexity index is 849. The minimum absolute atomic E-state index is 0.338. The molecule has 3 rings (SSSR count). The maximum atomic E-state index is 12.4. The molecule has 1 N–H and O–H groups in total. The quantitative estimate of drug-likeness (QED) is 0.877. The zero-order valence-corrected chi connectivity index (χ0v) is 15.3. The Kier molecular flexibility index (Phi) is 4.91. The molecule has 0 saturated carbocycles. The van der Waals surface area contributed by atoms with Gasteiger partial charge >= 0.3 is 0 Å². The van der Waals surface area contributed by atoms with Crippen molar-refractivity contribution in [2.75, 3.05) is 18.1 Å². The molecule has 0 radical (unpaired) electrons. The lowest BCUT2D eigenvalue weighted by Gasteiger charge is -2.20. The Morgan fingerprint density at radius 2 is 2.08 bits per heavy atom. The molecule has 1 aliphatic heterocycles. The summed E-state index contributed by atoms with van der Waals surface area (Å²) in [5.74, 6) is -0.338. The van der Waals surface area contributed by atoms with Gasteiger partial charge in [-0.05, 0) is 25.0 Å². The first kappa shape index (κ1) is 17.3. The Balaban J connectivity index is 1.72. The number of anilines is 1. The van der Waals surface area contributed by atoms with Crippen LogP contribution >= 0.6 is 22.9 Å². The average molecular weight is 386 g/mol. The molecule has 1 atom stereocenters. The topological polar surface area (TPSA) is 79.4 Å². The minimum Gasteiger partial charge on any atom is -0.301 e. The van der Waals surface area contributed by atoms with Gasteiger partial charge in [-0.2, -0.15) is 4.31 Å². The van der Waals surface area contributed by atoms with Gasteiger partial charge in [0.25, 0.3) is 0 Å². The second-order valence-corrected chi connectivity index (χ2v) is 8.80. The van der Waals surface area contributed by atoms with Crippen LogP contribution in [0.5, 0.6) is 0 Å². The highest BCUT2D eigenvalue weighted by Crippen LogP contribution is 2.27. The SMILES string of the molecule is CS(=O)(=O)N1CCCC1C(=O)Nc1nc(-c2ccc(Cl)cc2)cs1. The largest absolute Gasteiger partial charge is 0.301 e. The molecule has 9 heteroatoms. The predicted molar refractivity (Wildman–Crippen MR) is 95.8 cm³/mol. The highest BCUT2D eigenvalue weighted by Gasteiger charge is 2.36. The second kappa shape index (κ2) is 6.79. The number of hydrogen-bond acceptors (Lipinski definition) is 5. The van der Waals surface area contributed by atoms with Gasteiger partial charge in [-0.1, -0.05) is 23.7 Å². The summed E-state index contributed by atoms with van der Waals surface area (Å²) >= 11 is 7.17. The molecule has 1 unspecified atom stereocenters. The van der Waals surface area contributed by atoms with Crippen LogP contribution in [0.2, 0.25) is 5.02 Å². The number of halogens is 1. The number of nitrogens with one attached hydrogen (secondary N) is 1. The molecular weight excluding hydrogens is 370 g/mol. The van der Waals surface area contributed by atoms with Crippen LogP contribution in [0.4, 0.5) is 5.13 Å². The van der Waals surface area contributed by atoms with E-state index in [0.717, 1.165) is 17.5 Å². The summed E-state index contributed by atoms with van der Waals surface area (Å²) in [6.45, 7) is 0.380. The van der Waals surface area contributed by atoms with Gasteiger partial charge in [0.1, 0.15) is 6.04 Å². The van der Waals surface area contributed by atoms with Gasteiger partial charge in [0.15, 0.2) is 5.13 Å². The van der Waals surface area contributed by atoms with E-state index in [1.54, 1.807) is 12.1 Å². The van der Waals surface area contributed by atoms with Crippen LogP contribution in [0, 0.1) is 0 Å². The number of aromatic nitrogens is 1. The highest BCUT2D eigenvalue weighted by atomic mass is 35.5. The van der Waals surface area contributed by atoms with Crippen LogP contribution in [-0.2, 0) is 14.8 Å². The fourth-order valence-electron chi connectivity index (χ4n) is 2.67. The standard InChI is InChI=1S/C15H16ClN3O3S2/c1-24(21,22)19-8-2-3-13(19)14(20)18-15-17-12(9-23-15)10-4-6-11(16)7-5-10/h4-7,9,13H,2-3,8H2,1H3,(H,17,18,20). The van der Waals surface area contributed by atoms with Crippen molar-refractivity contribution in [1.29, 1.82) is 0 Å². The monoisotopic (exact) mass is 385 g/mol. The first-order chi connectivity index (χ1) is 11.3. The Morgan fingerprint density at radius 1 is 1.38 bits per heavy atom. The molecule has 2 heterocycles. The van der Waals surface area contributed by atoms with Crippen molar-refractivity contribution in [2.24, 2.45) is 0 Å². The molecule has 1 amide bonds. The summed E-state index contributed by atoms with van der Waals surface area (Å²) in [5.41, 5.74) is 1.63. The number of carbonyl (C=O) groups is 1. The fourth-order valence-corrected chi connectivity index (χ4v) is 4.64. The lowest BCUT2D eigenvalue weighted by Crippen LogP contribution is -2.42. The summed E-state index contributed by atoms with van der Waals surface area (Å²) < 4.78 is 24.7. The van der Waals surface area contributed by atoms with Gasteiger partial charge in [-0.15, -0.1) is 11.3 Å². The summed E-state index contributed by atoms with van der Waals surface area (Å²) in [4.78, 5) is 16.8. The van der Waals surface area contributed by atoms with Crippen molar-refractivity contribution in [2.45, 2.75) is 18.9 Å². The summed E-state index contributed by atoms with van der Waals surface area (Å²) in [6, 6.07) is 6.59. The van der Waals surface area contributed by atoms with E-state index in [4.69, 9.17) is 11.6 Å². The molecule has 1 aliphatic rings. The van der Waals surface area contributed by atoms with Crippen LogP contribution in [0.3, 0.4) is 0 Å². The molecule has 2 aromatic rings. The third-order valence-electron chi connectivity index (χ3n) is 3.81. The number of nitrogens with zero attached hydrogens (tertiary/aromatic N) is 2. The summed E-state index contributed by atoms with van der Waals surface area (Å²) in [6.07, 6.45) is 2.33. The van der Waals surface area contributed by atoms with E-state index in [1.807, 2.05) is 17.5 Å². The zero-order chi connectivity index (χ0) is 17.3. The first-order valence-corrected chi connectivity index (χ1v) is 10.4. The number of thiazole rings is 1. The maximum absolute atomic E-state index is 12.4. The number of rotatable bonds is 4. The van der Waals surface area contributed by atoms with Crippen molar-refractivity contribution < 1.29 is 13.2 Å². The van der Waals surface area contributed by atoms with Crippen molar-refractivity contribution in [3.05, 3.63) is 34.7 Å². The van der Waals surface area contributed by atoms with E-state index in [0.29, 0.717) is 29.5 Å². The number of sulfonamides is 1. The molecule has 0 spiro atoms. The second-order valence-electron chi connectivity index (χ2n) is 5.57. The molecule has 6 nitrogen and oxygen atoms in total. The van der Waals surface area contributed by atoms with E-state index in [2.05, 4.69) is 10.3 Å². The lowest BCUT2D eigenvalue weighted by atomic mass is 10.2. The molecule has 1 saturated heterocycles. The molecule has 0 bridgehead atoms. The number of amides is 1. The zero-order valence-electron chi connectivity index (χ0n) is 12.9. The van der Waals surface area contributed by atoms with Crippen LogP contribution in [-0.4, -0.2) is 42.5 Å². The van der Waals surface area contributed by atoms with Gasteiger partial charge in [-0.25, -0.2) is 13.4 Å². The Hall–Kier alpha value is -1.48. The highest BCUT2D eigenvalue weighted by molar-refractivity contribution is 7.88. The van der Waals surface area contributed by atoms with Gasteiger partial charge in [0, 0.05) is 22.5 Å². The number of hydrogen-bond donors (Lipinski definition) is 1. The van der Waals surface area contributed by atoms with E-state index >= 15 is 0 Å². The van der Waals surface area contributed by atoms with Crippen LogP contribution in [0.1, 0.15) is 12.8 Å². The lowest BCUT2D eigenvalue weighted by molar-refractivity contribution is -0.119. The predicted octanol–water partition coefficient (Wildman–Crippen LogP) is 2.83. The summed E-state index contributed by atoms with van der Waals surface area (Å²) in [7, 11) is -3.39. The van der Waals surface area contributed by atoms with Crippen molar-refractivity contribution in [3.63, 3.8) is 0 Å². The Morgan fingerprint density at radius 3 is 2.75 bits per heavy atom. The maximum Gasteiger partial charge on any atom is 0.244 e. The van der Waals surface area contributed by atoms with Crippen LogP contribution < -0.4 is 5.32 Å². The number of carbonyl (C=O) groups excluding carboxylic acids is 1.